The summed E-state index contributed by atoms with van der Waals surface area (Å²) in [6.45, 7) is 0.335. The van der Waals surface area contributed by atoms with Gasteiger partial charge in [0.15, 0.2) is 6.29 Å². The molecule has 0 aromatic heterocycles. The number of rotatable bonds is 0. The van der Waals surface area contributed by atoms with E-state index in [1.54, 1.807) is 0 Å². The zero-order chi connectivity index (χ0) is 7.14. The monoisotopic (exact) mass is 146 g/mol. The summed E-state index contributed by atoms with van der Waals surface area (Å²) in [5.74, 6) is 0. The van der Waals surface area contributed by atoms with E-state index in [0.29, 0.717) is 13.0 Å². The minimum absolute atomic E-state index is 0.0926. The van der Waals surface area contributed by atoms with Crippen LogP contribution < -0.4 is 0 Å². The Bertz CT molecular complexity index is 138. The SMILES string of the molecule is O[C@@H]1COC2C[C@H](O)OC21. The van der Waals surface area contributed by atoms with Crippen LogP contribution in [0.25, 0.3) is 0 Å². The summed E-state index contributed by atoms with van der Waals surface area (Å²) in [6, 6.07) is 0. The van der Waals surface area contributed by atoms with Crippen molar-refractivity contribution in [2.45, 2.75) is 31.0 Å². The Morgan fingerprint density at radius 3 is 2.80 bits per heavy atom. The van der Waals surface area contributed by atoms with Gasteiger partial charge in [-0.2, -0.15) is 0 Å². The molecule has 2 aliphatic rings. The second-order valence-electron chi connectivity index (χ2n) is 2.73. The molecule has 2 unspecified atom stereocenters. The highest BCUT2D eigenvalue weighted by Crippen LogP contribution is 2.29. The van der Waals surface area contributed by atoms with Gasteiger partial charge in [0.25, 0.3) is 0 Å². The first kappa shape index (κ1) is 6.54. The topological polar surface area (TPSA) is 58.9 Å². The summed E-state index contributed by atoms with van der Waals surface area (Å²) < 4.78 is 10.1. The van der Waals surface area contributed by atoms with Crippen LogP contribution in [0.4, 0.5) is 0 Å². The van der Waals surface area contributed by atoms with Gasteiger partial charge >= 0.3 is 0 Å². The number of ether oxygens (including phenoxy) is 2. The molecule has 2 rings (SSSR count). The first-order chi connectivity index (χ1) is 4.77. The lowest BCUT2D eigenvalue weighted by Crippen LogP contribution is -2.27. The predicted octanol–water partition coefficient (Wildman–Crippen LogP) is -1.15. The van der Waals surface area contributed by atoms with Gasteiger partial charge in [0, 0.05) is 6.42 Å². The minimum atomic E-state index is -0.745. The second kappa shape index (κ2) is 2.17. The standard InChI is InChI=1S/C6H10O4/c7-3-2-9-4-1-5(8)10-6(3)4/h3-8H,1-2H2/t3-,4?,5-,6?/m1/s1. The Hall–Kier alpha value is -0.160. The molecule has 0 amide bonds. The van der Waals surface area contributed by atoms with E-state index >= 15 is 0 Å². The van der Waals surface area contributed by atoms with E-state index in [2.05, 4.69) is 0 Å². The molecule has 2 fully saturated rings. The lowest BCUT2D eigenvalue weighted by atomic mass is 10.1. The molecule has 0 spiro atoms. The van der Waals surface area contributed by atoms with Crippen LogP contribution in [-0.4, -0.2) is 41.4 Å². The van der Waals surface area contributed by atoms with Gasteiger partial charge in [0.05, 0.1) is 12.7 Å². The predicted molar refractivity (Wildman–Crippen MR) is 31.2 cm³/mol. The van der Waals surface area contributed by atoms with Crippen LogP contribution >= 0.6 is 0 Å². The molecule has 0 saturated carbocycles. The third kappa shape index (κ3) is 0.845. The van der Waals surface area contributed by atoms with E-state index < -0.39 is 12.4 Å². The zero-order valence-electron chi connectivity index (χ0n) is 5.43. The third-order valence-electron chi connectivity index (χ3n) is 1.97. The van der Waals surface area contributed by atoms with E-state index in [0.717, 1.165) is 0 Å². The van der Waals surface area contributed by atoms with Crippen molar-refractivity contribution in [3.63, 3.8) is 0 Å². The Balaban J connectivity index is 2.05. The van der Waals surface area contributed by atoms with Crippen LogP contribution in [-0.2, 0) is 9.47 Å². The summed E-state index contributed by atoms with van der Waals surface area (Å²) in [5, 5.41) is 18.1. The lowest BCUT2D eigenvalue weighted by molar-refractivity contribution is -0.115. The molecule has 0 aromatic rings. The average Bonchev–Trinajstić information content (AvgIpc) is 2.35. The maximum absolute atomic E-state index is 9.16. The van der Waals surface area contributed by atoms with Crippen molar-refractivity contribution in [3.05, 3.63) is 0 Å². The van der Waals surface area contributed by atoms with Gasteiger partial charge in [-0.15, -0.1) is 0 Å². The summed E-state index contributed by atoms with van der Waals surface area (Å²) in [7, 11) is 0. The first-order valence-electron chi connectivity index (χ1n) is 3.40. The highest BCUT2D eigenvalue weighted by molar-refractivity contribution is 4.89. The van der Waals surface area contributed by atoms with Crippen molar-refractivity contribution in [1.82, 2.24) is 0 Å². The van der Waals surface area contributed by atoms with Crippen LogP contribution in [0, 0.1) is 0 Å². The highest BCUT2D eigenvalue weighted by atomic mass is 16.7. The van der Waals surface area contributed by atoms with E-state index in [9.17, 15) is 0 Å². The van der Waals surface area contributed by atoms with Gasteiger partial charge in [-0.25, -0.2) is 0 Å². The van der Waals surface area contributed by atoms with Crippen LogP contribution in [0.15, 0.2) is 0 Å². The average molecular weight is 146 g/mol. The summed E-state index contributed by atoms with van der Waals surface area (Å²) in [4.78, 5) is 0. The molecule has 4 nitrogen and oxygen atoms in total. The highest BCUT2D eigenvalue weighted by Gasteiger charge is 2.44. The molecule has 2 aliphatic heterocycles. The molecule has 10 heavy (non-hydrogen) atoms. The van der Waals surface area contributed by atoms with E-state index in [4.69, 9.17) is 19.7 Å². The molecular weight excluding hydrogens is 136 g/mol. The molecule has 2 saturated heterocycles. The van der Waals surface area contributed by atoms with Gasteiger partial charge in [0.1, 0.15) is 12.2 Å². The van der Waals surface area contributed by atoms with Gasteiger partial charge in [-0.1, -0.05) is 0 Å². The molecule has 4 heteroatoms. The quantitative estimate of drug-likeness (QED) is 0.453. The molecule has 0 bridgehead atoms. The molecule has 58 valence electrons. The smallest absolute Gasteiger partial charge is 0.157 e. The van der Waals surface area contributed by atoms with Gasteiger partial charge in [-0.3, -0.25) is 0 Å². The van der Waals surface area contributed by atoms with Crippen molar-refractivity contribution in [1.29, 1.82) is 0 Å². The van der Waals surface area contributed by atoms with Crippen LogP contribution in [0.5, 0.6) is 0 Å². The van der Waals surface area contributed by atoms with Crippen molar-refractivity contribution < 1.29 is 19.7 Å². The molecule has 2 heterocycles. The minimum Gasteiger partial charge on any atom is -0.388 e. The second-order valence-corrected chi connectivity index (χ2v) is 2.73. The van der Waals surface area contributed by atoms with Gasteiger partial charge < -0.3 is 19.7 Å². The molecule has 2 N–H and O–H groups in total. The largest absolute Gasteiger partial charge is 0.388 e. The fourth-order valence-electron chi connectivity index (χ4n) is 1.48. The Kier molecular flexibility index (Phi) is 1.42. The maximum atomic E-state index is 9.16. The Labute approximate surface area is 58.4 Å². The van der Waals surface area contributed by atoms with E-state index in [1.165, 1.54) is 0 Å². The summed E-state index contributed by atoms with van der Waals surface area (Å²) in [5.41, 5.74) is 0. The maximum Gasteiger partial charge on any atom is 0.157 e. The number of hydrogen-bond donors (Lipinski definition) is 2. The summed E-state index contributed by atoms with van der Waals surface area (Å²) >= 11 is 0. The number of aliphatic hydroxyl groups excluding tert-OH is 2. The number of hydrogen-bond acceptors (Lipinski definition) is 4. The molecular formula is C6H10O4. The zero-order valence-corrected chi connectivity index (χ0v) is 5.43. The van der Waals surface area contributed by atoms with Crippen LogP contribution in [0.1, 0.15) is 6.42 Å². The molecule has 0 radical (unpaired) electrons. The third-order valence-corrected chi connectivity index (χ3v) is 1.97. The van der Waals surface area contributed by atoms with Crippen LogP contribution in [0.2, 0.25) is 0 Å². The van der Waals surface area contributed by atoms with Crippen LogP contribution in [0.3, 0.4) is 0 Å². The molecule has 0 aromatic carbocycles. The van der Waals surface area contributed by atoms with Crippen molar-refractivity contribution in [2.75, 3.05) is 6.61 Å². The lowest BCUT2D eigenvalue weighted by Gasteiger charge is -2.09. The van der Waals surface area contributed by atoms with Crippen molar-refractivity contribution >= 4 is 0 Å². The van der Waals surface area contributed by atoms with Gasteiger partial charge in [-0.05, 0) is 0 Å². The number of aliphatic hydroxyl groups is 2. The molecule has 4 atom stereocenters. The van der Waals surface area contributed by atoms with E-state index in [-0.39, 0.29) is 12.2 Å². The van der Waals surface area contributed by atoms with Crippen molar-refractivity contribution in [2.24, 2.45) is 0 Å². The fourth-order valence-corrected chi connectivity index (χ4v) is 1.48. The first-order valence-corrected chi connectivity index (χ1v) is 3.40. The fraction of sp³-hybridized carbons (Fsp3) is 1.00. The normalized spacial score (nSPS) is 53.4. The van der Waals surface area contributed by atoms with Gasteiger partial charge in [0.2, 0.25) is 0 Å². The van der Waals surface area contributed by atoms with E-state index in [1.807, 2.05) is 0 Å². The molecule has 0 aliphatic carbocycles. The Morgan fingerprint density at radius 2 is 2.10 bits per heavy atom. The number of fused-ring (bicyclic) bond motifs is 1. The Morgan fingerprint density at radius 1 is 1.30 bits per heavy atom. The summed E-state index contributed by atoms with van der Waals surface area (Å²) in [6.07, 6.45) is -1.20. The van der Waals surface area contributed by atoms with Crippen molar-refractivity contribution in [3.8, 4) is 0 Å².